The van der Waals surface area contributed by atoms with Gasteiger partial charge in [0, 0.05) is 14.9 Å². The molecule has 1 aromatic carbocycles. The van der Waals surface area contributed by atoms with E-state index in [4.69, 9.17) is 5.73 Å². The number of nitrogens with zero attached hydrogens (tertiary/aromatic N) is 2. The van der Waals surface area contributed by atoms with Crippen LogP contribution in [0.5, 0.6) is 0 Å². The maximum Gasteiger partial charge on any atom is 0.191 e. The molecule has 0 amide bonds. The molecule has 2 heterocycles. The first kappa shape index (κ1) is 16.4. The predicted molar refractivity (Wildman–Crippen MR) is 100 cm³/mol. The summed E-state index contributed by atoms with van der Waals surface area (Å²) in [5.41, 5.74) is 7.87. The molecule has 0 saturated carbocycles. The number of thioether (sulfide) groups is 1. The van der Waals surface area contributed by atoms with Crippen molar-refractivity contribution < 1.29 is 4.79 Å². The van der Waals surface area contributed by atoms with Crippen LogP contribution in [0.4, 0.5) is 5.82 Å². The van der Waals surface area contributed by atoms with Crippen molar-refractivity contribution in [3.05, 3.63) is 44.7 Å². The Labute approximate surface area is 150 Å². The van der Waals surface area contributed by atoms with Crippen LogP contribution in [0.1, 0.15) is 20.8 Å². The second-order valence-corrected chi connectivity index (χ2v) is 8.13. The van der Waals surface area contributed by atoms with E-state index >= 15 is 0 Å². The lowest BCUT2D eigenvalue weighted by atomic mass is 10.2. The third kappa shape index (κ3) is 3.41. The van der Waals surface area contributed by atoms with E-state index in [1.165, 1.54) is 16.6 Å². The number of carbonyl (C=O) groups excluding carboxylic acids is 1. The average molecular weight is 408 g/mol. The Kier molecular flexibility index (Phi) is 4.70. The third-order valence-corrected chi connectivity index (χ3v) is 6.01. The van der Waals surface area contributed by atoms with Gasteiger partial charge in [0.15, 0.2) is 10.9 Å². The number of fused-ring (bicyclic) bond motifs is 1. The number of aryl methyl sites for hydroxylation is 2. The summed E-state index contributed by atoms with van der Waals surface area (Å²) < 4.78 is 0.951. The topological polar surface area (TPSA) is 68.9 Å². The zero-order valence-electron chi connectivity index (χ0n) is 12.6. The molecule has 2 N–H and O–H groups in total. The van der Waals surface area contributed by atoms with Gasteiger partial charge in [-0.15, -0.1) is 11.3 Å². The Hall–Kier alpha value is -1.44. The molecule has 4 nitrogen and oxygen atoms in total. The van der Waals surface area contributed by atoms with Crippen LogP contribution >= 0.6 is 39.0 Å². The molecule has 2 aromatic heterocycles. The summed E-state index contributed by atoms with van der Waals surface area (Å²) >= 11 is 6.28. The van der Waals surface area contributed by atoms with Gasteiger partial charge in [-0.05, 0) is 31.5 Å². The number of benzene rings is 1. The fourth-order valence-electron chi connectivity index (χ4n) is 2.17. The SMILES string of the molecule is Cc1sc2nc(SCC(=O)c3ccc(Br)cc3)nc(N)c2c1C. The molecule has 0 radical (unpaired) electrons. The average Bonchev–Trinajstić information content (AvgIpc) is 2.80. The highest BCUT2D eigenvalue weighted by molar-refractivity contribution is 9.10. The number of nitrogen functional groups attached to an aromatic ring is 1. The molecule has 3 aromatic rings. The standard InChI is InChI=1S/C16H14BrN3OS2/c1-8-9(2)23-15-13(8)14(18)19-16(20-15)22-7-12(21)10-3-5-11(17)6-4-10/h3-6H,7H2,1-2H3,(H2,18,19,20). The van der Waals surface area contributed by atoms with Crippen molar-refractivity contribution in [2.24, 2.45) is 0 Å². The van der Waals surface area contributed by atoms with Gasteiger partial charge < -0.3 is 5.73 Å². The molecule has 0 fully saturated rings. The lowest BCUT2D eigenvalue weighted by Crippen LogP contribution is -2.03. The quantitative estimate of drug-likeness (QED) is 0.387. The van der Waals surface area contributed by atoms with Gasteiger partial charge in [0.05, 0.1) is 11.1 Å². The van der Waals surface area contributed by atoms with Crippen LogP contribution < -0.4 is 5.73 Å². The van der Waals surface area contributed by atoms with Gasteiger partial charge in [0.2, 0.25) is 0 Å². The Balaban J connectivity index is 1.79. The van der Waals surface area contributed by atoms with Crippen LogP contribution in [0.25, 0.3) is 10.2 Å². The number of thiophene rings is 1. The number of anilines is 1. The maximum atomic E-state index is 12.2. The monoisotopic (exact) mass is 407 g/mol. The number of Topliss-reactive ketones (excluding diaryl/α,β-unsaturated/α-hetero) is 1. The van der Waals surface area contributed by atoms with E-state index in [-0.39, 0.29) is 11.5 Å². The fraction of sp³-hybridized carbons (Fsp3) is 0.188. The van der Waals surface area contributed by atoms with Crippen molar-refractivity contribution in [2.75, 3.05) is 11.5 Å². The zero-order chi connectivity index (χ0) is 16.6. The second-order valence-electron chi connectivity index (χ2n) is 5.07. The summed E-state index contributed by atoms with van der Waals surface area (Å²) in [6.45, 7) is 4.07. The van der Waals surface area contributed by atoms with Crippen LogP contribution in [0, 0.1) is 13.8 Å². The predicted octanol–water partition coefficient (Wildman–Crippen LogP) is 4.63. The molecule has 7 heteroatoms. The fourth-order valence-corrected chi connectivity index (χ4v) is 4.28. The minimum atomic E-state index is 0.0447. The van der Waals surface area contributed by atoms with Gasteiger partial charge >= 0.3 is 0 Å². The van der Waals surface area contributed by atoms with Gasteiger partial charge in [0.1, 0.15) is 10.6 Å². The molecule has 0 atom stereocenters. The Bertz CT molecular complexity index is 890. The molecule has 0 spiro atoms. The van der Waals surface area contributed by atoms with Crippen molar-refractivity contribution in [2.45, 2.75) is 19.0 Å². The number of hydrogen-bond donors (Lipinski definition) is 1. The number of hydrogen-bond acceptors (Lipinski definition) is 6. The summed E-state index contributed by atoms with van der Waals surface area (Å²) in [5, 5.41) is 1.47. The lowest BCUT2D eigenvalue weighted by Gasteiger charge is -2.03. The molecule has 0 saturated heterocycles. The highest BCUT2D eigenvalue weighted by atomic mass is 79.9. The summed E-state index contributed by atoms with van der Waals surface area (Å²) in [5.74, 6) is 0.814. The first-order valence-corrected chi connectivity index (χ1v) is 9.50. The molecular weight excluding hydrogens is 394 g/mol. The summed E-state index contributed by atoms with van der Waals surface area (Å²) in [7, 11) is 0. The molecule has 118 valence electrons. The highest BCUT2D eigenvalue weighted by Crippen LogP contribution is 2.33. The molecule has 0 aliphatic heterocycles. The van der Waals surface area contributed by atoms with Crippen LogP contribution in [0.3, 0.4) is 0 Å². The van der Waals surface area contributed by atoms with E-state index in [0.717, 1.165) is 20.3 Å². The van der Waals surface area contributed by atoms with Crippen LogP contribution in [-0.4, -0.2) is 21.5 Å². The highest BCUT2D eigenvalue weighted by Gasteiger charge is 2.14. The van der Waals surface area contributed by atoms with E-state index in [2.05, 4.69) is 25.9 Å². The van der Waals surface area contributed by atoms with E-state index in [0.29, 0.717) is 16.5 Å². The smallest absolute Gasteiger partial charge is 0.191 e. The molecule has 0 aliphatic carbocycles. The Morgan fingerprint density at radius 1 is 1.26 bits per heavy atom. The largest absolute Gasteiger partial charge is 0.383 e. The lowest BCUT2D eigenvalue weighted by molar-refractivity contribution is 0.102. The molecule has 0 unspecified atom stereocenters. The van der Waals surface area contributed by atoms with Crippen LogP contribution in [-0.2, 0) is 0 Å². The number of nitrogens with two attached hydrogens (primary N) is 1. The van der Waals surface area contributed by atoms with E-state index in [1.54, 1.807) is 23.5 Å². The van der Waals surface area contributed by atoms with Crippen molar-refractivity contribution >= 4 is 60.8 Å². The number of rotatable bonds is 4. The first-order valence-electron chi connectivity index (χ1n) is 6.90. The number of ketones is 1. The summed E-state index contributed by atoms with van der Waals surface area (Å²) in [6, 6.07) is 7.32. The van der Waals surface area contributed by atoms with Gasteiger partial charge in [-0.2, -0.15) is 0 Å². The maximum absolute atomic E-state index is 12.2. The van der Waals surface area contributed by atoms with Gasteiger partial charge in [0.25, 0.3) is 0 Å². The molecule has 0 aliphatic rings. The summed E-state index contributed by atoms with van der Waals surface area (Å²) in [6.07, 6.45) is 0. The molecule has 23 heavy (non-hydrogen) atoms. The molecular formula is C16H14BrN3OS2. The minimum absolute atomic E-state index is 0.0447. The number of carbonyl (C=O) groups is 1. The van der Waals surface area contributed by atoms with Gasteiger partial charge in [-0.3, -0.25) is 4.79 Å². The van der Waals surface area contributed by atoms with Crippen LogP contribution in [0.2, 0.25) is 0 Å². The summed E-state index contributed by atoms with van der Waals surface area (Å²) in [4.78, 5) is 23.1. The minimum Gasteiger partial charge on any atom is -0.383 e. The van der Waals surface area contributed by atoms with Crippen molar-refractivity contribution in [1.29, 1.82) is 0 Å². The first-order chi connectivity index (χ1) is 11.0. The Morgan fingerprint density at radius 3 is 2.65 bits per heavy atom. The van der Waals surface area contributed by atoms with E-state index in [1.807, 2.05) is 26.0 Å². The normalized spacial score (nSPS) is 11.1. The number of halogens is 1. The van der Waals surface area contributed by atoms with Crippen molar-refractivity contribution in [1.82, 2.24) is 9.97 Å². The van der Waals surface area contributed by atoms with Crippen molar-refractivity contribution in [3.63, 3.8) is 0 Å². The zero-order valence-corrected chi connectivity index (χ0v) is 15.8. The van der Waals surface area contributed by atoms with E-state index in [9.17, 15) is 4.79 Å². The Morgan fingerprint density at radius 2 is 1.96 bits per heavy atom. The van der Waals surface area contributed by atoms with E-state index < -0.39 is 0 Å². The molecule has 0 bridgehead atoms. The number of aromatic nitrogens is 2. The second kappa shape index (κ2) is 6.59. The van der Waals surface area contributed by atoms with Gasteiger partial charge in [-0.1, -0.05) is 39.8 Å². The van der Waals surface area contributed by atoms with Crippen molar-refractivity contribution in [3.8, 4) is 0 Å². The third-order valence-electron chi connectivity index (χ3n) is 3.53. The van der Waals surface area contributed by atoms with Gasteiger partial charge in [-0.25, -0.2) is 9.97 Å². The molecule has 3 rings (SSSR count). The van der Waals surface area contributed by atoms with Crippen LogP contribution in [0.15, 0.2) is 33.9 Å².